The van der Waals surface area contributed by atoms with E-state index in [0.717, 1.165) is 31.6 Å². The monoisotopic (exact) mass is 286 g/mol. The number of hydrogen-bond donors (Lipinski definition) is 1. The van der Waals surface area contributed by atoms with Gasteiger partial charge in [0.15, 0.2) is 0 Å². The second-order valence-electron chi connectivity index (χ2n) is 5.53. The van der Waals surface area contributed by atoms with Crippen LogP contribution in [0.25, 0.3) is 0 Å². The SMILES string of the molecule is CC(C)NCc1c(N2CCCC2)cccc1C(F)(F)F. The summed E-state index contributed by atoms with van der Waals surface area (Å²) in [6.45, 7) is 5.81. The third-order valence-electron chi connectivity index (χ3n) is 3.59. The standard InChI is InChI=1S/C15H21F3N2/c1-11(2)19-10-12-13(15(16,17)18)6-5-7-14(12)20-8-3-4-9-20/h5-7,11,19H,3-4,8-10H2,1-2H3. The first-order chi connectivity index (χ1) is 9.39. The molecule has 1 heterocycles. The van der Waals surface area contributed by atoms with Gasteiger partial charge in [0.05, 0.1) is 5.56 Å². The fourth-order valence-electron chi connectivity index (χ4n) is 2.59. The summed E-state index contributed by atoms with van der Waals surface area (Å²) in [5, 5.41) is 3.11. The summed E-state index contributed by atoms with van der Waals surface area (Å²) in [6.07, 6.45) is -2.20. The molecular weight excluding hydrogens is 265 g/mol. The lowest BCUT2D eigenvalue weighted by Gasteiger charge is -2.25. The van der Waals surface area contributed by atoms with Crippen molar-refractivity contribution >= 4 is 5.69 Å². The normalized spacial score (nSPS) is 16.2. The maximum absolute atomic E-state index is 13.2. The molecule has 5 heteroatoms. The van der Waals surface area contributed by atoms with Crippen LogP contribution in [0.5, 0.6) is 0 Å². The average Bonchev–Trinajstić information content (AvgIpc) is 2.88. The summed E-state index contributed by atoms with van der Waals surface area (Å²) in [6, 6.07) is 4.65. The maximum Gasteiger partial charge on any atom is 0.416 e. The predicted octanol–water partition coefficient (Wildman–Crippen LogP) is 3.80. The van der Waals surface area contributed by atoms with Crippen LogP contribution >= 0.6 is 0 Å². The van der Waals surface area contributed by atoms with Crippen molar-refractivity contribution in [3.63, 3.8) is 0 Å². The van der Waals surface area contributed by atoms with E-state index in [-0.39, 0.29) is 12.6 Å². The van der Waals surface area contributed by atoms with Gasteiger partial charge in [0.2, 0.25) is 0 Å². The lowest BCUT2D eigenvalue weighted by Crippen LogP contribution is -2.27. The third-order valence-corrected chi connectivity index (χ3v) is 3.59. The van der Waals surface area contributed by atoms with Crippen LogP contribution in [0.15, 0.2) is 18.2 Å². The Bertz CT molecular complexity index is 449. The second kappa shape index (κ2) is 6.04. The van der Waals surface area contributed by atoms with Crippen LogP contribution in [-0.4, -0.2) is 19.1 Å². The molecule has 0 aliphatic carbocycles. The zero-order valence-electron chi connectivity index (χ0n) is 11.9. The highest BCUT2D eigenvalue weighted by atomic mass is 19.4. The molecule has 20 heavy (non-hydrogen) atoms. The maximum atomic E-state index is 13.2. The van der Waals surface area contributed by atoms with Crippen LogP contribution < -0.4 is 10.2 Å². The van der Waals surface area contributed by atoms with E-state index in [2.05, 4.69) is 10.2 Å². The van der Waals surface area contributed by atoms with Gasteiger partial charge in [-0.2, -0.15) is 13.2 Å². The number of anilines is 1. The van der Waals surface area contributed by atoms with Gasteiger partial charge >= 0.3 is 6.18 Å². The van der Waals surface area contributed by atoms with Crippen molar-refractivity contribution in [2.75, 3.05) is 18.0 Å². The Morgan fingerprint density at radius 1 is 1.20 bits per heavy atom. The molecule has 2 rings (SSSR count). The molecule has 0 atom stereocenters. The van der Waals surface area contributed by atoms with Crippen LogP contribution in [0.3, 0.4) is 0 Å². The van der Waals surface area contributed by atoms with Gasteiger partial charge in [-0.1, -0.05) is 19.9 Å². The molecule has 1 fully saturated rings. The van der Waals surface area contributed by atoms with Crippen LogP contribution in [0.4, 0.5) is 18.9 Å². The van der Waals surface area contributed by atoms with E-state index in [0.29, 0.717) is 5.56 Å². The van der Waals surface area contributed by atoms with Crippen LogP contribution in [-0.2, 0) is 12.7 Å². The van der Waals surface area contributed by atoms with Gasteiger partial charge in [-0.15, -0.1) is 0 Å². The summed E-state index contributed by atoms with van der Waals surface area (Å²) < 4.78 is 39.6. The van der Waals surface area contributed by atoms with Gasteiger partial charge < -0.3 is 10.2 Å². The van der Waals surface area contributed by atoms with Gasteiger partial charge in [-0.3, -0.25) is 0 Å². The average molecular weight is 286 g/mol. The lowest BCUT2D eigenvalue weighted by molar-refractivity contribution is -0.138. The smallest absolute Gasteiger partial charge is 0.371 e. The molecule has 2 nitrogen and oxygen atoms in total. The predicted molar refractivity (Wildman–Crippen MR) is 74.9 cm³/mol. The molecule has 0 aromatic heterocycles. The van der Waals surface area contributed by atoms with Gasteiger partial charge in [0, 0.05) is 36.9 Å². The summed E-state index contributed by atoms with van der Waals surface area (Å²) in [5.74, 6) is 0. The second-order valence-corrected chi connectivity index (χ2v) is 5.53. The molecule has 0 bridgehead atoms. The van der Waals surface area contributed by atoms with Crippen molar-refractivity contribution in [2.45, 2.75) is 45.5 Å². The molecule has 0 unspecified atom stereocenters. The fraction of sp³-hybridized carbons (Fsp3) is 0.600. The summed E-state index contributed by atoms with van der Waals surface area (Å²) >= 11 is 0. The van der Waals surface area contributed by atoms with Crippen molar-refractivity contribution in [2.24, 2.45) is 0 Å². The third kappa shape index (κ3) is 3.45. The zero-order chi connectivity index (χ0) is 14.8. The molecule has 0 spiro atoms. The van der Waals surface area contributed by atoms with Crippen LogP contribution in [0, 0.1) is 0 Å². The minimum absolute atomic E-state index is 0.155. The van der Waals surface area contributed by atoms with E-state index in [1.807, 2.05) is 13.8 Å². The quantitative estimate of drug-likeness (QED) is 0.905. The first kappa shape index (κ1) is 15.2. The van der Waals surface area contributed by atoms with E-state index in [4.69, 9.17) is 0 Å². The Kier molecular flexibility index (Phi) is 4.58. The van der Waals surface area contributed by atoms with Crippen molar-refractivity contribution in [1.82, 2.24) is 5.32 Å². The van der Waals surface area contributed by atoms with E-state index >= 15 is 0 Å². The highest BCUT2D eigenvalue weighted by Gasteiger charge is 2.35. The molecule has 0 amide bonds. The van der Waals surface area contributed by atoms with Crippen molar-refractivity contribution in [3.8, 4) is 0 Å². The zero-order valence-corrected chi connectivity index (χ0v) is 11.9. The molecule has 1 aromatic carbocycles. The first-order valence-corrected chi connectivity index (χ1v) is 7.07. The number of rotatable bonds is 4. The molecule has 0 radical (unpaired) electrons. The van der Waals surface area contributed by atoms with Crippen molar-refractivity contribution in [3.05, 3.63) is 29.3 Å². The van der Waals surface area contributed by atoms with Gasteiger partial charge in [-0.25, -0.2) is 0 Å². The Balaban J connectivity index is 2.38. The molecule has 1 saturated heterocycles. The molecule has 1 N–H and O–H groups in total. The summed E-state index contributed by atoms with van der Waals surface area (Å²) in [7, 11) is 0. The Morgan fingerprint density at radius 2 is 1.85 bits per heavy atom. The minimum atomic E-state index is -4.30. The van der Waals surface area contributed by atoms with E-state index < -0.39 is 11.7 Å². The number of halogens is 3. The van der Waals surface area contributed by atoms with Gasteiger partial charge in [0.25, 0.3) is 0 Å². The first-order valence-electron chi connectivity index (χ1n) is 7.07. The molecule has 1 aliphatic heterocycles. The van der Waals surface area contributed by atoms with Gasteiger partial charge in [0.1, 0.15) is 0 Å². The highest BCUT2D eigenvalue weighted by molar-refractivity contribution is 5.58. The van der Waals surface area contributed by atoms with Crippen LogP contribution in [0.1, 0.15) is 37.8 Å². The molecule has 1 aliphatic rings. The number of benzene rings is 1. The van der Waals surface area contributed by atoms with E-state index in [1.165, 1.54) is 12.1 Å². The molecule has 112 valence electrons. The lowest BCUT2D eigenvalue weighted by atomic mass is 10.0. The Morgan fingerprint density at radius 3 is 2.40 bits per heavy atom. The topological polar surface area (TPSA) is 15.3 Å². The number of hydrogen-bond acceptors (Lipinski definition) is 2. The highest BCUT2D eigenvalue weighted by Crippen LogP contribution is 2.37. The Labute approximate surface area is 118 Å². The molecule has 1 aromatic rings. The van der Waals surface area contributed by atoms with Crippen molar-refractivity contribution in [1.29, 1.82) is 0 Å². The summed E-state index contributed by atoms with van der Waals surface area (Å²) in [4.78, 5) is 2.06. The molecule has 0 saturated carbocycles. The minimum Gasteiger partial charge on any atom is -0.371 e. The van der Waals surface area contributed by atoms with Gasteiger partial charge in [-0.05, 0) is 25.0 Å². The van der Waals surface area contributed by atoms with E-state index in [1.54, 1.807) is 6.07 Å². The van der Waals surface area contributed by atoms with Crippen molar-refractivity contribution < 1.29 is 13.2 Å². The summed E-state index contributed by atoms with van der Waals surface area (Å²) in [5.41, 5.74) is 0.580. The van der Waals surface area contributed by atoms with Crippen LogP contribution in [0.2, 0.25) is 0 Å². The Hall–Kier alpha value is -1.23. The number of nitrogens with one attached hydrogen (secondary N) is 1. The number of nitrogens with zero attached hydrogens (tertiary/aromatic N) is 1. The fourth-order valence-corrected chi connectivity index (χ4v) is 2.59. The number of alkyl halides is 3. The molecular formula is C15H21F3N2. The largest absolute Gasteiger partial charge is 0.416 e. The van der Waals surface area contributed by atoms with E-state index in [9.17, 15) is 13.2 Å².